The average Bonchev–Trinajstić information content (AvgIpc) is 2.86. The number of hydrogen-bond acceptors (Lipinski definition) is 8. The molecule has 1 aliphatic rings. The van der Waals surface area contributed by atoms with Crippen molar-refractivity contribution in [1.29, 1.82) is 0 Å². The lowest BCUT2D eigenvalue weighted by Crippen LogP contribution is -2.60. The molecule has 9 heteroatoms. The van der Waals surface area contributed by atoms with E-state index in [0.29, 0.717) is 17.0 Å². The van der Waals surface area contributed by atoms with E-state index in [1.54, 1.807) is 54.9 Å². The van der Waals surface area contributed by atoms with Crippen LogP contribution in [0.25, 0.3) is 11.1 Å². The van der Waals surface area contributed by atoms with E-state index in [4.69, 9.17) is 9.47 Å². The zero-order valence-electron chi connectivity index (χ0n) is 18.4. The highest BCUT2D eigenvalue weighted by molar-refractivity contribution is 6.04. The molecule has 3 aromatic rings. The van der Waals surface area contributed by atoms with Gasteiger partial charge < -0.3 is 35.2 Å². The summed E-state index contributed by atoms with van der Waals surface area (Å²) < 4.78 is 11.2. The standard InChI is InChI=1S/C25H26N2O7/c1-14-10-16(7-8-19(14)33-25-23(31)22(30)21(29)20(13-28)34-25)15-4-2-5-17(11-15)24(32)27-18-6-3-9-26-12-18/h2-12,20-23,25,28-31H,13H2,1H3,(H,27,32)/t20-,21-,22?,23?,25+/m1/s1. The Morgan fingerprint density at radius 1 is 1.03 bits per heavy atom. The first-order valence-electron chi connectivity index (χ1n) is 10.8. The number of anilines is 1. The van der Waals surface area contributed by atoms with Gasteiger partial charge >= 0.3 is 0 Å². The molecule has 1 aliphatic heterocycles. The van der Waals surface area contributed by atoms with Gasteiger partial charge in [-0.2, -0.15) is 0 Å². The summed E-state index contributed by atoms with van der Waals surface area (Å²) in [6.07, 6.45) is -3.58. The number of aliphatic hydroxyl groups excluding tert-OH is 4. The first kappa shape index (κ1) is 23.8. The predicted molar refractivity (Wildman–Crippen MR) is 123 cm³/mol. The number of aromatic nitrogens is 1. The second kappa shape index (κ2) is 10.3. The molecule has 0 saturated carbocycles. The van der Waals surface area contributed by atoms with Crippen LogP contribution < -0.4 is 10.1 Å². The highest BCUT2D eigenvalue weighted by Crippen LogP contribution is 2.30. The molecule has 9 nitrogen and oxygen atoms in total. The number of hydrogen-bond donors (Lipinski definition) is 5. The summed E-state index contributed by atoms with van der Waals surface area (Å²) in [5.41, 5.74) is 3.47. The number of nitrogens with one attached hydrogen (secondary N) is 1. The molecule has 2 heterocycles. The molecule has 0 radical (unpaired) electrons. The van der Waals surface area contributed by atoms with E-state index >= 15 is 0 Å². The van der Waals surface area contributed by atoms with Gasteiger partial charge in [0.2, 0.25) is 6.29 Å². The van der Waals surface area contributed by atoms with Gasteiger partial charge in [0, 0.05) is 11.8 Å². The van der Waals surface area contributed by atoms with Gasteiger partial charge in [-0.15, -0.1) is 0 Å². The largest absolute Gasteiger partial charge is 0.462 e. The lowest BCUT2D eigenvalue weighted by molar-refractivity contribution is -0.277. The molecule has 0 bridgehead atoms. The minimum absolute atomic E-state index is 0.255. The van der Waals surface area contributed by atoms with Crippen LogP contribution in [0.5, 0.6) is 5.75 Å². The zero-order chi connectivity index (χ0) is 24.2. The fourth-order valence-electron chi connectivity index (χ4n) is 3.73. The van der Waals surface area contributed by atoms with Crippen molar-refractivity contribution >= 4 is 11.6 Å². The molecular weight excluding hydrogens is 440 g/mol. The van der Waals surface area contributed by atoms with Gasteiger partial charge in [0.1, 0.15) is 30.2 Å². The highest BCUT2D eigenvalue weighted by atomic mass is 16.7. The maximum Gasteiger partial charge on any atom is 0.255 e. The van der Waals surface area contributed by atoms with Crippen molar-refractivity contribution in [3.05, 3.63) is 78.1 Å². The number of rotatable bonds is 6. The Morgan fingerprint density at radius 3 is 2.53 bits per heavy atom. The van der Waals surface area contributed by atoms with Crippen LogP contribution in [0.2, 0.25) is 0 Å². The van der Waals surface area contributed by atoms with E-state index in [0.717, 1.165) is 16.7 Å². The molecule has 5 atom stereocenters. The predicted octanol–water partition coefficient (Wildman–Crippen LogP) is 1.49. The normalized spacial score (nSPS) is 24.4. The van der Waals surface area contributed by atoms with Crippen LogP contribution in [-0.4, -0.2) is 68.6 Å². The summed E-state index contributed by atoms with van der Waals surface area (Å²) in [4.78, 5) is 16.6. The second-order valence-corrected chi connectivity index (χ2v) is 8.07. The van der Waals surface area contributed by atoms with Crippen LogP contribution in [0.15, 0.2) is 67.0 Å². The molecule has 1 aromatic heterocycles. The maximum absolute atomic E-state index is 12.6. The smallest absolute Gasteiger partial charge is 0.255 e. The maximum atomic E-state index is 12.6. The number of aliphatic hydroxyl groups is 4. The van der Waals surface area contributed by atoms with Gasteiger partial charge in [-0.05, 0) is 60.0 Å². The van der Waals surface area contributed by atoms with Crippen LogP contribution in [0.4, 0.5) is 5.69 Å². The van der Waals surface area contributed by atoms with E-state index in [1.807, 2.05) is 19.1 Å². The van der Waals surface area contributed by atoms with Crippen LogP contribution in [0, 0.1) is 6.92 Å². The highest BCUT2D eigenvalue weighted by Gasteiger charge is 2.44. The first-order chi connectivity index (χ1) is 16.4. The van der Waals surface area contributed by atoms with Gasteiger partial charge in [0.25, 0.3) is 5.91 Å². The fraction of sp³-hybridized carbons (Fsp3) is 0.280. The number of aryl methyl sites for hydroxylation is 1. The van der Waals surface area contributed by atoms with E-state index in [9.17, 15) is 25.2 Å². The van der Waals surface area contributed by atoms with Crippen LogP contribution in [0.3, 0.4) is 0 Å². The minimum Gasteiger partial charge on any atom is -0.462 e. The summed E-state index contributed by atoms with van der Waals surface area (Å²) in [5.74, 6) is 0.146. The number of amides is 1. The Labute approximate surface area is 196 Å². The van der Waals surface area contributed by atoms with Gasteiger partial charge in [0.15, 0.2) is 0 Å². The molecule has 1 amide bonds. The van der Waals surface area contributed by atoms with Crippen LogP contribution in [-0.2, 0) is 4.74 Å². The molecule has 2 aromatic carbocycles. The quantitative estimate of drug-likeness (QED) is 0.368. The number of carbonyl (C=O) groups is 1. The van der Waals surface area contributed by atoms with E-state index in [2.05, 4.69) is 10.3 Å². The van der Waals surface area contributed by atoms with Crippen molar-refractivity contribution in [2.24, 2.45) is 0 Å². The van der Waals surface area contributed by atoms with E-state index in [1.165, 1.54) is 0 Å². The fourth-order valence-corrected chi connectivity index (χ4v) is 3.73. The Kier molecular flexibility index (Phi) is 7.20. The molecule has 0 aliphatic carbocycles. The topological polar surface area (TPSA) is 141 Å². The van der Waals surface area contributed by atoms with Crippen LogP contribution >= 0.6 is 0 Å². The van der Waals surface area contributed by atoms with E-state index in [-0.39, 0.29) is 5.91 Å². The van der Waals surface area contributed by atoms with Gasteiger partial charge in [-0.1, -0.05) is 18.2 Å². The number of nitrogens with zero attached hydrogens (tertiary/aromatic N) is 1. The molecule has 34 heavy (non-hydrogen) atoms. The van der Waals surface area contributed by atoms with E-state index < -0.39 is 37.3 Å². The lowest BCUT2D eigenvalue weighted by Gasteiger charge is -2.39. The van der Waals surface area contributed by atoms with Crippen LogP contribution in [0.1, 0.15) is 15.9 Å². The number of benzene rings is 2. The van der Waals surface area contributed by atoms with Crippen molar-refractivity contribution in [3.63, 3.8) is 0 Å². The average molecular weight is 466 g/mol. The molecule has 2 unspecified atom stereocenters. The molecule has 1 fully saturated rings. The molecule has 178 valence electrons. The summed E-state index contributed by atoms with van der Waals surface area (Å²) >= 11 is 0. The van der Waals surface area contributed by atoms with Crippen molar-refractivity contribution in [2.45, 2.75) is 37.6 Å². The number of ether oxygens (including phenoxy) is 2. The van der Waals surface area contributed by atoms with Gasteiger partial charge in [-0.3, -0.25) is 9.78 Å². The lowest BCUT2D eigenvalue weighted by atomic mass is 9.99. The summed E-state index contributed by atoms with van der Waals surface area (Å²) in [5, 5.41) is 42.2. The Balaban J connectivity index is 1.50. The van der Waals surface area contributed by atoms with Crippen molar-refractivity contribution in [3.8, 4) is 16.9 Å². The summed E-state index contributed by atoms with van der Waals surface area (Å²) in [6.45, 7) is 1.27. The van der Waals surface area contributed by atoms with Crippen molar-refractivity contribution < 1.29 is 34.7 Å². The molecular formula is C25H26N2O7. The third kappa shape index (κ3) is 5.09. The minimum atomic E-state index is -1.52. The SMILES string of the molecule is Cc1cc(-c2cccc(C(=O)Nc3cccnc3)c2)ccc1O[C@H]1O[C@H](CO)[C@@H](O)C(O)C1O. The zero-order valence-corrected chi connectivity index (χ0v) is 18.4. The number of carbonyl (C=O) groups excluding carboxylic acids is 1. The second-order valence-electron chi connectivity index (χ2n) is 8.07. The Bertz CT molecular complexity index is 1140. The molecule has 5 N–H and O–H groups in total. The van der Waals surface area contributed by atoms with Crippen molar-refractivity contribution in [1.82, 2.24) is 4.98 Å². The molecule has 4 rings (SSSR count). The monoisotopic (exact) mass is 466 g/mol. The Morgan fingerprint density at radius 2 is 1.82 bits per heavy atom. The third-order valence-electron chi connectivity index (χ3n) is 5.64. The summed E-state index contributed by atoms with van der Waals surface area (Å²) in [7, 11) is 0. The molecule has 1 saturated heterocycles. The van der Waals surface area contributed by atoms with Gasteiger partial charge in [0.05, 0.1) is 18.5 Å². The third-order valence-corrected chi connectivity index (χ3v) is 5.64. The summed E-state index contributed by atoms with van der Waals surface area (Å²) in [6, 6.07) is 16.0. The number of pyridine rings is 1. The first-order valence-corrected chi connectivity index (χ1v) is 10.8. The molecule has 0 spiro atoms. The van der Waals surface area contributed by atoms with Gasteiger partial charge in [-0.25, -0.2) is 0 Å². The van der Waals surface area contributed by atoms with Crippen molar-refractivity contribution in [2.75, 3.05) is 11.9 Å². The Hall–Kier alpha value is -3.34.